The summed E-state index contributed by atoms with van der Waals surface area (Å²) in [7, 11) is -1.32. The molecule has 5 nitrogen and oxygen atoms in total. The number of halogens is 1. The molecule has 1 rings (SSSR count). The van der Waals surface area contributed by atoms with Crippen LogP contribution in [0.3, 0.4) is 0 Å². The van der Waals surface area contributed by atoms with Crippen molar-refractivity contribution in [2.45, 2.75) is 44.9 Å². The van der Waals surface area contributed by atoms with Gasteiger partial charge in [-0.3, -0.25) is 4.68 Å². The van der Waals surface area contributed by atoms with Gasteiger partial charge in [-0.1, -0.05) is 18.5 Å². The quantitative estimate of drug-likeness (QED) is 0.830. The average Bonchev–Trinajstić information content (AvgIpc) is 2.58. The molecule has 0 saturated heterocycles. The largest absolute Gasteiger partial charge is 0.312 e. The first-order chi connectivity index (χ1) is 9.18. The zero-order valence-corrected chi connectivity index (χ0v) is 14.3. The van der Waals surface area contributed by atoms with Crippen molar-refractivity contribution in [3.05, 3.63) is 16.4 Å². The molecule has 1 aromatic rings. The maximum atomic E-state index is 11.8. The predicted octanol–water partition coefficient (Wildman–Crippen LogP) is 1.73. The molecule has 0 aliphatic heterocycles. The molecule has 0 radical (unpaired) electrons. The number of nitrogens with zero attached hydrogens (tertiary/aromatic N) is 2. The Balaban J connectivity index is 3.00. The molecule has 0 saturated carbocycles. The van der Waals surface area contributed by atoms with E-state index in [1.807, 2.05) is 6.92 Å². The predicted molar refractivity (Wildman–Crippen MR) is 83.0 cm³/mol. The molecule has 7 heteroatoms. The Morgan fingerprint density at radius 1 is 1.45 bits per heavy atom. The third-order valence-corrected chi connectivity index (χ3v) is 5.74. The molecule has 20 heavy (non-hydrogen) atoms. The van der Waals surface area contributed by atoms with E-state index in [1.54, 1.807) is 18.7 Å². The average molecular weight is 322 g/mol. The molecule has 2 atom stereocenters. The standard InChI is InChI=1S/C13H24ClN3O2S/c1-6-7-15-12(10(3)20(5,18)19)8-11-9(2)16-17(4)13(11)14/h10,12,15H,6-8H2,1-5H3. The number of aryl methyl sites for hydroxylation is 2. The summed E-state index contributed by atoms with van der Waals surface area (Å²) < 4.78 is 25.2. The molecule has 0 bridgehead atoms. The van der Waals surface area contributed by atoms with Gasteiger partial charge in [-0.15, -0.1) is 0 Å². The van der Waals surface area contributed by atoms with Gasteiger partial charge >= 0.3 is 0 Å². The first-order valence-electron chi connectivity index (χ1n) is 6.78. The molecule has 1 N–H and O–H groups in total. The maximum Gasteiger partial charge on any atom is 0.151 e. The van der Waals surface area contributed by atoms with E-state index in [-0.39, 0.29) is 6.04 Å². The van der Waals surface area contributed by atoms with E-state index in [9.17, 15) is 8.42 Å². The Kier molecular flexibility index (Phi) is 6.04. The van der Waals surface area contributed by atoms with Crippen molar-refractivity contribution < 1.29 is 8.42 Å². The van der Waals surface area contributed by atoms with Crippen LogP contribution >= 0.6 is 11.6 Å². The third-order valence-electron chi connectivity index (χ3n) is 3.59. The van der Waals surface area contributed by atoms with Crippen molar-refractivity contribution in [3.8, 4) is 0 Å². The highest BCUT2D eigenvalue weighted by atomic mass is 35.5. The van der Waals surface area contributed by atoms with Crippen LogP contribution in [0.4, 0.5) is 0 Å². The molecule has 0 aliphatic rings. The summed E-state index contributed by atoms with van der Waals surface area (Å²) in [4.78, 5) is 0. The van der Waals surface area contributed by atoms with Gasteiger partial charge in [-0.25, -0.2) is 8.42 Å². The molecular formula is C13H24ClN3O2S. The highest BCUT2D eigenvalue weighted by Gasteiger charge is 2.27. The fraction of sp³-hybridized carbons (Fsp3) is 0.769. The van der Waals surface area contributed by atoms with Crippen molar-refractivity contribution in [2.24, 2.45) is 7.05 Å². The molecular weight excluding hydrogens is 298 g/mol. The molecule has 1 heterocycles. The maximum absolute atomic E-state index is 11.8. The van der Waals surface area contributed by atoms with E-state index < -0.39 is 15.1 Å². The van der Waals surface area contributed by atoms with Crippen LogP contribution in [0.25, 0.3) is 0 Å². The Morgan fingerprint density at radius 2 is 2.05 bits per heavy atom. The summed E-state index contributed by atoms with van der Waals surface area (Å²) in [6.07, 6.45) is 2.79. The number of nitrogens with one attached hydrogen (secondary N) is 1. The minimum absolute atomic E-state index is 0.162. The van der Waals surface area contributed by atoms with E-state index in [1.165, 1.54) is 6.26 Å². The highest BCUT2D eigenvalue weighted by molar-refractivity contribution is 7.91. The number of hydrogen-bond acceptors (Lipinski definition) is 4. The van der Waals surface area contributed by atoms with Gasteiger partial charge in [0, 0.05) is 24.9 Å². The molecule has 0 amide bonds. The van der Waals surface area contributed by atoms with Gasteiger partial charge in [-0.05, 0) is 33.2 Å². The number of aromatic nitrogens is 2. The highest BCUT2D eigenvalue weighted by Crippen LogP contribution is 2.22. The van der Waals surface area contributed by atoms with Gasteiger partial charge in [0.05, 0.1) is 10.9 Å². The minimum atomic E-state index is -3.10. The van der Waals surface area contributed by atoms with Crippen molar-refractivity contribution >= 4 is 21.4 Å². The van der Waals surface area contributed by atoms with Crippen molar-refractivity contribution in [2.75, 3.05) is 12.8 Å². The van der Waals surface area contributed by atoms with Gasteiger partial charge in [0.1, 0.15) is 5.15 Å². The van der Waals surface area contributed by atoms with Gasteiger partial charge in [0.2, 0.25) is 0 Å². The fourth-order valence-corrected chi connectivity index (χ4v) is 3.20. The smallest absolute Gasteiger partial charge is 0.151 e. The summed E-state index contributed by atoms with van der Waals surface area (Å²) in [6, 6.07) is -0.162. The Morgan fingerprint density at radius 3 is 2.45 bits per heavy atom. The van der Waals surface area contributed by atoms with E-state index in [0.717, 1.165) is 24.2 Å². The lowest BCUT2D eigenvalue weighted by Crippen LogP contribution is -2.44. The summed E-state index contributed by atoms with van der Waals surface area (Å²) >= 11 is 6.23. The Hall–Kier alpha value is -0.590. The van der Waals surface area contributed by atoms with Crippen LogP contribution in [0.15, 0.2) is 0 Å². The number of hydrogen-bond donors (Lipinski definition) is 1. The Bertz CT molecular complexity index is 554. The van der Waals surface area contributed by atoms with Gasteiger partial charge in [0.15, 0.2) is 9.84 Å². The van der Waals surface area contributed by atoms with Crippen LogP contribution in [0.2, 0.25) is 5.15 Å². The second-order valence-electron chi connectivity index (χ2n) is 5.28. The van der Waals surface area contributed by atoms with Gasteiger partial charge in [-0.2, -0.15) is 5.10 Å². The third kappa shape index (κ3) is 4.20. The van der Waals surface area contributed by atoms with Crippen LogP contribution in [-0.4, -0.2) is 42.3 Å². The van der Waals surface area contributed by atoms with Crippen molar-refractivity contribution in [3.63, 3.8) is 0 Å². The van der Waals surface area contributed by atoms with E-state index in [2.05, 4.69) is 17.3 Å². The molecule has 0 fully saturated rings. The first-order valence-corrected chi connectivity index (χ1v) is 9.12. The normalized spacial score (nSPS) is 15.3. The van der Waals surface area contributed by atoms with Crippen LogP contribution < -0.4 is 5.32 Å². The lowest BCUT2D eigenvalue weighted by Gasteiger charge is -2.24. The van der Waals surface area contributed by atoms with E-state index in [4.69, 9.17) is 11.6 Å². The zero-order chi connectivity index (χ0) is 15.5. The molecule has 0 spiro atoms. The minimum Gasteiger partial charge on any atom is -0.312 e. The summed E-state index contributed by atoms with van der Waals surface area (Å²) in [6.45, 7) is 6.46. The second kappa shape index (κ2) is 6.91. The van der Waals surface area contributed by atoms with Crippen LogP contribution in [0.5, 0.6) is 0 Å². The topological polar surface area (TPSA) is 64.0 Å². The molecule has 2 unspecified atom stereocenters. The Labute approximate surface area is 126 Å². The number of sulfone groups is 1. The molecule has 0 aliphatic carbocycles. The zero-order valence-electron chi connectivity index (χ0n) is 12.8. The molecule has 1 aromatic heterocycles. The number of rotatable bonds is 7. The van der Waals surface area contributed by atoms with Gasteiger partial charge in [0.25, 0.3) is 0 Å². The lowest BCUT2D eigenvalue weighted by molar-refractivity contribution is 0.481. The lowest BCUT2D eigenvalue weighted by atomic mass is 10.0. The van der Waals surface area contributed by atoms with Crippen LogP contribution in [-0.2, 0) is 23.3 Å². The second-order valence-corrected chi connectivity index (χ2v) is 8.04. The van der Waals surface area contributed by atoms with Crippen LogP contribution in [0, 0.1) is 6.92 Å². The molecule has 0 aromatic carbocycles. The molecule has 116 valence electrons. The summed E-state index contributed by atoms with van der Waals surface area (Å²) in [5.74, 6) is 0. The van der Waals surface area contributed by atoms with Crippen molar-refractivity contribution in [1.29, 1.82) is 0 Å². The fourth-order valence-electron chi connectivity index (χ4n) is 2.16. The van der Waals surface area contributed by atoms with Crippen LogP contribution in [0.1, 0.15) is 31.5 Å². The van der Waals surface area contributed by atoms with Gasteiger partial charge < -0.3 is 5.32 Å². The van der Waals surface area contributed by atoms with Crippen molar-refractivity contribution in [1.82, 2.24) is 15.1 Å². The van der Waals surface area contributed by atoms with E-state index in [0.29, 0.717) is 11.6 Å². The SMILES string of the molecule is CCCNC(Cc1c(C)nn(C)c1Cl)C(C)S(C)(=O)=O. The monoisotopic (exact) mass is 321 g/mol. The summed E-state index contributed by atoms with van der Waals surface area (Å²) in [5.41, 5.74) is 1.76. The summed E-state index contributed by atoms with van der Waals surface area (Å²) in [5, 5.41) is 7.69. The first kappa shape index (κ1) is 17.5. The van der Waals surface area contributed by atoms with E-state index >= 15 is 0 Å².